The van der Waals surface area contributed by atoms with Gasteiger partial charge in [-0.1, -0.05) is 0 Å². The first-order chi connectivity index (χ1) is 7.05. The maximum absolute atomic E-state index is 11.7. The highest BCUT2D eigenvalue weighted by Gasteiger charge is 2.31. The highest BCUT2D eigenvalue weighted by atomic mass is 35.5. The second-order valence-corrected chi connectivity index (χ2v) is 6.26. The number of nitrogens with one attached hydrogen (secondary N) is 1. The molecule has 0 bridgehead atoms. The van der Waals surface area contributed by atoms with Gasteiger partial charge in [0.05, 0.1) is 11.9 Å². The molecule has 0 amide bonds. The summed E-state index contributed by atoms with van der Waals surface area (Å²) in [5.41, 5.74) is 5.59. The summed E-state index contributed by atoms with van der Waals surface area (Å²) in [6, 6.07) is 0.215. The van der Waals surface area contributed by atoms with Crippen LogP contribution in [0.25, 0.3) is 0 Å². The van der Waals surface area contributed by atoms with Crippen molar-refractivity contribution in [3.63, 3.8) is 0 Å². The third-order valence-electron chi connectivity index (χ3n) is 2.95. The van der Waals surface area contributed by atoms with Gasteiger partial charge in [-0.25, -0.2) is 13.1 Å². The van der Waals surface area contributed by atoms with Gasteiger partial charge in [-0.05, 0) is 25.7 Å². The number of sulfonamides is 1. The molecular formula is C9H19ClN2O3S. The Morgan fingerprint density at radius 3 is 2.56 bits per heavy atom. The Labute approximate surface area is 103 Å². The standard InChI is InChI=1S/C9H18N2O3S.ClH/c10-7-4-8(5-7)11-15(12,13)6-9-2-1-3-14-9;/h7-9,11H,1-6,10H2;1H. The molecule has 2 fully saturated rings. The van der Waals surface area contributed by atoms with Crippen LogP contribution in [0.1, 0.15) is 25.7 Å². The molecule has 1 heterocycles. The van der Waals surface area contributed by atoms with Gasteiger partial charge in [0, 0.05) is 18.7 Å². The quantitative estimate of drug-likeness (QED) is 0.753. The zero-order chi connectivity index (χ0) is 10.9. The predicted molar refractivity (Wildman–Crippen MR) is 64.1 cm³/mol. The van der Waals surface area contributed by atoms with Gasteiger partial charge in [-0.15, -0.1) is 12.4 Å². The lowest BCUT2D eigenvalue weighted by Crippen LogP contribution is -2.51. The third-order valence-corrected chi connectivity index (χ3v) is 4.45. The van der Waals surface area contributed by atoms with E-state index in [-0.39, 0.29) is 36.3 Å². The summed E-state index contributed by atoms with van der Waals surface area (Å²) >= 11 is 0. The Balaban J connectivity index is 0.00000128. The average Bonchev–Trinajstić information content (AvgIpc) is 2.52. The lowest BCUT2D eigenvalue weighted by Gasteiger charge is -2.32. The molecule has 1 aliphatic heterocycles. The van der Waals surface area contributed by atoms with Crippen molar-refractivity contribution in [1.29, 1.82) is 0 Å². The number of hydrogen-bond acceptors (Lipinski definition) is 4. The van der Waals surface area contributed by atoms with Crippen LogP contribution in [0.4, 0.5) is 0 Å². The summed E-state index contributed by atoms with van der Waals surface area (Å²) in [7, 11) is -3.18. The van der Waals surface area contributed by atoms with Crippen molar-refractivity contribution in [2.75, 3.05) is 12.4 Å². The van der Waals surface area contributed by atoms with Gasteiger partial charge in [0.1, 0.15) is 0 Å². The number of rotatable bonds is 4. The number of nitrogens with two attached hydrogens (primary N) is 1. The van der Waals surface area contributed by atoms with E-state index in [2.05, 4.69) is 4.72 Å². The summed E-state index contributed by atoms with van der Waals surface area (Å²) in [4.78, 5) is 0. The fourth-order valence-electron chi connectivity index (χ4n) is 2.08. The average molecular weight is 271 g/mol. The predicted octanol–water partition coefficient (Wildman–Crippen LogP) is -0.00370. The molecule has 7 heteroatoms. The summed E-state index contributed by atoms with van der Waals surface area (Å²) in [6.45, 7) is 0.689. The van der Waals surface area contributed by atoms with Gasteiger partial charge < -0.3 is 10.5 Å². The Morgan fingerprint density at radius 1 is 1.38 bits per heavy atom. The molecule has 2 aliphatic rings. The van der Waals surface area contributed by atoms with Crippen molar-refractivity contribution in [2.45, 2.75) is 43.9 Å². The molecule has 2 rings (SSSR count). The van der Waals surface area contributed by atoms with E-state index >= 15 is 0 Å². The molecule has 1 aliphatic carbocycles. The normalized spacial score (nSPS) is 34.2. The Hall–Kier alpha value is 0.120. The minimum Gasteiger partial charge on any atom is -0.377 e. The molecule has 1 unspecified atom stereocenters. The van der Waals surface area contributed by atoms with Gasteiger partial charge in [0.2, 0.25) is 10.0 Å². The maximum atomic E-state index is 11.7. The lowest BCUT2D eigenvalue weighted by atomic mass is 9.89. The molecule has 96 valence electrons. The van der Waals surface area contributed by atoms with Crippen LogP contribution in [0.2, 0.25) is 0 Å². The second kappa shape index (κ2) is 5.64. The van der Waals surface area contributed by atoms with Gasteiger partial charge >= 0.3 is 0 Å². The van der Waals surface area contributed by atoms with E-state index in [1.807, 2.05) is 0 Å². The SMILES string of the molecule is Cl.NC1CC(NS(=O)(=O)CC2CCCO2)C1. The van der Waals surface area contributed by atoms with E-state index in [4.69, 9.17) is 10.5 Å². The smallest absolute Gasteiger partial charge is 0.214 e. The van der Waals surface area contributed by atoms with Crippen molar-refractivity contribution >= 4 is 22.4 Å². The van der Waals surface area contributed by atoms with Crippen molar-refractivity contribution in [1.82, 2.24) is 4.72 Å². The van der Waals surface area contributed by atoms with Gasteiger partial charge in [-0.3, -0.25) is 0 Å². The summed E-state index contributed by atoms with van der Waals surface area (Å²) < 4.78 is 31.3. The van der Waals surface area contributed by atoms with Gasteiger partial charge in [-0.2, -0.15) is 0 Å². The first-order valence-corrected chi connectivity index (χ1v) is 7.07. The summed E-state index contributed by atoms with van der Waals surface area (Å²) in [5, 5.41) is 0. The highest BCUT2D eigenvalue weighted by Crippen LogP contribution is 2.19. The molecule has 1 atom stereocenters. The van der Waals surface area contributed by atoms with E-state index in [9.17, 15) is 8.42 Å². The van der Waals surface area contributed by atoms with E-state index in [1.54, 1.807) is 0 Å². The monoisotopic (exact) mass is 270 g/mol. The van der Waals surface area contributed by atoms with Crippen LogP contribution in [-0.4, -0.2) is 39.0 Å². The molecule has 1 saturated heterocycles. The largest absolute Gasteiger partial charge is 0.377 e. The number of halogens is 1. The molecule has 3 N–H and O–H groups in total. The molecule has 0 radical (unpaired) electrons. The fourth-order valence-corrected chi connectivity index (χ4v) is 3.63. The minimum atomic E-state index is -3.18. The van der Waals surface area contributed by atoms with Crippen LogP contribution in [0.15, 0.2) is 0 Å². The number of ether oxygens (including phenoxy) is 1. The second-order valence-electron chi connectivity index (χ2n) is 4.46. The van der Waals surface area contributed by atoms with Crippen LogP contribution < -0.4 is 10.5 Å². The zero-order valence-electron chi connectivity index (χ0n) is 9.09. The molecule has 0 aromatic heterocycles. The summed E-state index contributed by atoms with van der Waals surface area (Å²) in [5.74, 6) is 0.0960. The minimum absolute atomic E-state index is 0. The van der Waals surface area contributed by atoms with E-state index < -0.39 is 10.0 Å². The van der Waals surface area contributed by atoms with Crippen molar-refractivity contribution < 1.29 is 13.2 Å². The van der Waals surface area contributed by atoms with E-state index in [1.165, 1.54) is 0 Å². The lowest BCUT2D eigenvalue weighted by molar-refractivity contribution is 0.127. The van der Waals surface area contributed by atoms with E-state index in [0.717, 1.165) is 25.7 Å². The van der Waals surface area contributed by atoms with Crippen molar-refractivity contribution in [3.8, 4) is 0 Å². The first-order valence-electron chi connectivity index (χ1n) is 5.42. The Bertz CT molecular complexity index is 311. The van der Waals surface area contributed by atoms with Crippen LogP contribution in [0.5, 0.6) is 0 Å². The number of hydrogen-bond donors (Lipinski definition) is 2. The fraction of sp³-hybridized carbons (Fsp3) is 1.00. The van der Waals surface area contributed by atoms with Gasteiger partial charge in [0.15, 0.2) is 0 Å². The molecular weight excluding hydrogens is 252 g/mol. The Morgan fingerprint density at radius 2 is 2.06 bits per heavy atom. The van der Waals surface area contributed by atoms with E-state index in [0.29, 0.717) is 6.61 Å². The van der Waals surface area contributed by atoms with Crippen LogP contribution >= 0.6 is 12.4 Å². The van der Waals surface area contributed by atoms with Crippen molar-refractivity contribution in [3.05, 3.63) is 0 Å². The zero-order valence-corrected chi connectivity index (χ0v) is 10.7. The van der Waals surface area contributed by atoms with Crippen molar-refractivity contribution in [2.24, 2.45) is 5.73 Å². The van der Waals surface area contributed by atoms with Gasteiger partial charge in [0.25, 0.3) is 0 Å². The van der Waals surface area contributed by atoms with Crippen LogP contribution in [0.3, 0.4) is 0 Å². The molecule has 0 aromatic carbocycles. The van der Waals surface area contributed by atoms with Crippen LogP contribution in [-0.2, 0) is 14.8 Å². The summed E-state index contributed by atoms with van der Waals surface area (Å²) in [6.07, 6.45) is 3.21. The molecule has 5 nitrogen and oxygen atoms in total. The molecule has 0 spiro atoms. The highest BCUT2D eigenvalue weighted by molar-refractivity contribution is 7.89. The first kappa shape index (κ1) is 14.2. The Kier molecular flexibility index (Phi) is 5.00. The molecule has 16 heavy (non-hydrogen) atoms. The third kappa shape index (κ3) is 3.85. The topological polar surface area (TPSA) is 81.4 Å². The molecule has 0 aromatic rings. The maximum Gasteiger partial charge on any atom is 0.214 e. The van der Waals surface area contributed by atoms with Crippen LogP contribution in [0, 0.1) is 0 Å². The molecule has 1 saturated carbocycles.